The molecule has 2 aromatic carbocycles. The van der Waals surface area contributed by atoms with E-state index < -0.39 is 5.79 Å². The predicted molar refractivity (Wildman–Crippen MR) is 99.5 cm³/mol. The number of aryl methyl sites for hydroxylation is 1. The molecule has 0 radical (unpaired) electrons. The topological polar surface area (TPSA) is 95.7 Å². The van der Waals surface area contributed by atoms with Gasteiger partial charge in [0.1, 0.15) is 5.75 Å². The van der Waals surface area contributed by atoms with Crippen LogP contribution in [-0.2, 0) is 6.61 Å². The molecule has 144 valence electrons. The highest BCUT2D eigenvalue weighted by atomic mass is 16.7. The smallest absolute Gasteiger partial charge is 0.255 e. The molecule has 1 N–H and O–H groups in total. The maximum Gasteiger partial charge on any atom is 0.255 e. The van der Waals surface area contributed by atoms with E-state index in [0.717, 1.165) is 0 Å². The van der Waals surface area contributed by atoms with E-state index in [9.17, 15) is 4.79 Å². The Balaban J connectivity index is 1.37. The van der Waals surface area contributed by atoms with E-state index in [1.807, 2.05) is 13.8 Å². The Hall–Kier alpha value is -3.55. The van der Waals surface area contributed by atoms with Crippen LogP contribution in [0.25, 0.3) is 0 Å². The number of fused-ring (bicyclic) bond motifs is 1. The molecule has 0 atom stereocenters. The zero-order chi connectivity index (χ0) is 19.7. The van der Waals surface area contributed by atoms with Gasteiger partial charge >= 0.3 is 0 Å². The van der Waals surface area contributed by atoms with Gasteiger partial charge < -0.3 is 24.1 Å². The van der Waals surface area contributed by atoms with Gasteiger partial charge in [-0.3, -0.25) is 4.79 Å². The minimum Gasteiger partial charge on any atom is -0.485 e. The maximum atomic E-state index is 12.5. The Morgan fingerprint density at radius 1 is 1.11 bits per heavy atom. The lowest BCUT2D eigenvalue weighted by molar-refractivity contribution is -0.0431. The van der Waals surface area contributed by atoms with Gasteiger partial charge in [0, 0.05) is 38.1 Å². The van der Waals surface area contributed by atoms with Crippen molar-refractivity contribution in [2.24, 2.45) is 0 Å². The molecule has 0 unspecified atom stereocenters. The van der Waals surface area contributed by atoms with Crippen molar-refractivity contribution in [2.75, 3.05) is 5.32 Å². The zero-order valence-electron chi connectivity index (χ0n) is 15.7. The summed E-state index contributed by atoms with van der Waals surface area (Å²) in [5, 5.41) is 6.61. The lowest BCUT2D eigenvalue weighted by Crippen LogP contribution is -2.29. The van der Waals surface area contributed by atoms with Crippen molar-refractivity contribution in [1.82, 2.24) is 10.1 Å². The van der Waals surface area contributed by atoms with Crippen molar-refractivity contribution in [3.63, 3.8) is 0 Å². The standard InChI is InChI=1S/C20H19N3O5/c1-12-21-18(23-28-12)11-25-15-7-4-13(5-8-15)19(24)22-14-6-9-16-17(10-14)27-20(2,3)26-16/h4-10H,11H2,1-3H3,(H,22,24). The summed E-state index contributed by atoms with van der Waals surface area (Å²) >= 11 is 0. The van der Waals surface area contributed by atoms with E-state index in [1.165, 1.54) is 0 Å². The van der Waals surface area contributed by atoms with E-state index in [4.69, 9.17) is 18.7 Å². The highest BCUT2D eigenvalue weighted by Crippen LogP contribution is 2.40. The van der Waals surface area contributed by atoms with Crippen LogP contribution in [0.2, 0.25) is 0 Å². The molecular formula is C20H19N3O5. The number of rotatable bonds is 5. The molecule has 0 bridgehead atoms. The number of nitrogens with one attached hydrogen (secondary N) is 1. The van der Waals surface area contributed by atoms with E-state index in [-0.39, 0.29) is 12.5 Å². The second-order valence-corrected chi connectivity index (χ2v) is 6.76. The fraction of sp³-hybridized carbons (Fsp3) is 0.250. The van der Waals surface area contributed by atoms with E-state index in [0.29, 0.717) is 40.2 Å². The Kier molecular flexibility index (Phi) is 4.38. The van der Waals surface area contributed by atoms with Crippen LogP contribution in [0.5, 0.6) is 17.2 Å². The number of aromatic nitrogens is 2. The lowest BCUT2D eigenvalue weighted by Gasteiger charge is -2.16. The maximum absolute atomic E-state index is 12.5. The summed E-state index contributed by atoms with van der Waals surface area (Å²) < 4.78 is 21.8. The Bertz CT molecular complexity index is 1010. The van der Waals surface area contributed by atoms with E-state index >= 15 is 0 Å². The van der Waals surface area contributed by atoms with E-state index in [2.05, 4.69) is 15.5 Å². The molecule has 2 heterocycles. The fourth-order valence-corrected chi connectivity index (χ4v) is 2.75. The molecule has 8 nitrogen and oxygen atoms in total. The molecule has 0 fully saturated rings. The first-order chi connectivity index (χ1) is 13.4. The van der Waals surface area contributed by atoms with Crippen molar-refractivity contribution in [3.8, 4) is 17.2 Å². The molecule has 0 saturated carbocycles. The van der Waals surface area contributed by atoms with Crippen molar-refractivity contribution in [3.05, 3.63) is 59.7 Å². The molecule has 1 aliphatic heterocycles. The number of hydrogen-bond acceptors (Lipinski definition) is 7. The fourth-order valence-electron chi connectivity index (χ4n) is 2.75. The first kappa shape index (κ1) is 17.8. The molecule has 0 spiro atoms. The molecule has 8 heteroatoms. The van der Waals surface area contributed by atoms with Gasteiger partial charge in [0.25, 0.3) is 5.91 Å². The minimum atomic E-state index is -0.707. The van der Waals surface area contributed by atoms with Gasteiger partial charge in [-0.1, -0.05) is 5.16 Å². The summed E-state index contributed by atoms with van der Waals surface area (Å²) in [7, 11) is 0. The second kappa shape index (κ2) is 6.88. The first-order valence-electron chi connectivity index (χ1n) is 8.73. The average molecular weight is 381 g/mol. The number of nitrogens with zero attached hydrogens (tertiary/aromatic N) is 2. The Morgan fingerprint density at radius 3 is 2.57 bits per heavy atom. The number of carbonyl (C=O) groups excluding carboxylic acids is 1. The SMILES string of the molecule is Cc1nc(COc2ccc(C(=O)Nc3ccc4c(c3)OC(C)(C)O4)cc2)no1. The first-order valence-corrected chi connectivity index (χ1v) is 8.73. The summed E-state index contributed by atoms with van der Waals surface area (Å²) in [5.74, 6) is 1.86. The quantitative estimate of drug-likeness (QED) is 0.719. The second-order valence-electron chi connectivity index (χ2n) is 6.76. The summed E-state index contributed by atoms with van der Waals surface area (Å²) in [6.45, 7) is 5.56. The van der Waals surface area contributed by atoms with Crippen LogP contribution in [0.4, 0.5) is 5.69 Å². The number of carbonyl (C=O) groups is 1. The van der Waals surface area contributed by atoms with Crippen LogP contribution in [0.3, 0.4) is 0 Å². The Morgan fingerprint density at radius 2 is 1.86 bits per heavy atom. The molecule has 3 aromatic rings. The number of benzene rings is 2. The van der Waals surface area contributed by atoms with Crippen molar-refractivity contribution in [2.45, 2.75) is 33.2 Å². The van der Waals surface area contributed by atoms with Gasteiger partial charge in [-0.15, -0.1) is 0 Å². The normalized spacial score (nSPS) is 14.0. The van der Waals surface area contributed by atoms with Crippen molar-refractivity contribution >= 4 is 11.6 Å². The lowest BCUT2D eigenvalue weighted by atomic mass is 10.2. The van der Waals surface area contributed by atoms with Crippen LogP contribution in [0.15, 0.2) is 47.0 Å². The predicted octanol–water partition coefficient (Wildman–Crippen LogP) is 3.72. The zero-order valence-corrected chi connectivity index (χ0v) is 15.7. The van der Waals surface area contributed by atoms with Crippen LogP contribution in [0, 0.1) is 6.92 Å². The third-order valence-electron chi connectivity index (χ3n) is 3.97. The summed E-state index contributed by atoms with van der Waals surface area (Å²) in [6.07, 6.45) is 0. The van der Waals surface area contributed by atoms with Crippen LogP contribution in [-0.4, -0.2) is 21.8 Å². The highest BCUT2D eigenvalue weighted by molar-refractivity contribution is 6.04. The number of anilines is 1. The molecule has 0 aliphatic carbocycles. The monoisotopic (exact) mass is 381 g/mol. The van der Waals surface area contributed by atoms with Gasteiger partial charge in [-0.2, -0.15) is 4.98 Å². The molecular weight excluding hydrogens is 362 g/mol. The molecule has 1 aliphatic rings. The molecule has 0 saturated heterocycles. The Labute approximate surface area is 161 Å². The van der Waals surface area contributed by atoms with Crippen LogP contribution in [0.1, 0.15) is 35.9 Å². The number of hydrogen-bond donors (Lipinski definition) is 1. The highest BCUT2D eigenvalue weighted by Gasteiger charge is 2.31. The number of ether oxygens (including phenoxy) is 3. The van der Waals surface area contributed by atoms with Gasteiger partial charge in [0.05, 0.1) is 0 Å². The van der Waals surface area contributed by atoms with Gasteiger partial charge in [0.2, 0.25) is 17.5 Å². The van der Waals surface area contributed by atoms with Gasteiger partial charge in [0.15, 0.2) is 18.1 Å². The molecule has 1 aromatic heterocycles. The third kappa shape index (κ3) is 3.90. The summed E-state index contributed by atoms with van der Waals surface area (Å²) in [5.41, 5.74) is 1.12. The van der Waals surface area contributed by atoms with Crippen molar-refractivity contribution in [1.29, 1.82) is 0 Å². The van der Waals surface area contributed by atoms with Crippen LogP contribution < -0.4 is 19.5 Å². The minimum absolute atomic E-state index is 0.191. The van der Waals surface area contributed by atoms with E-state index in [1.54, 1.807) is 49.4 Å². The molecule has 28 heavy (non-hydrogen) atoms. The van der Waals surface area contributed by atoms with Gasteiger partial charge in [-0.05, 0) is 36.4 Å². The average Bonchev–Trinajstić information content (AvgIpc) is 3.21. The number of amides is 1. The molecule has 1 amide bonds. The van der Waals surface area contributed by atoms with Gasteiger partial charge in [-0.25, -0.2) is 0 Å². The largest absolute Gasteiger partial charge is 0.485 e. The summed E-state index contributed by atoms with van der Waals surface area (Å²) in [6, 6.07) is 12.1. The van der Waals surface area contributed by atoms with Crippen LogP contribution >= 0.6 is 0 Å². The third-order valence-corrected chi connectivity index (χ3v) is 3.97. The summed E-state index contributed by atoms with van der Waals surface area (Å²) in [4.78, 5) is 16.5. The van der Waals surface area contributed by atoms with Crippen molar-refractivity contribution < 1.29 is 23.5 Å². The molecule has 4 rings (SSSR count).